The standard InChI is InChI=1S/C16H25NO2/c1-4-9-17(10-5-2)14-11-13-7-6-8-15(18-3)16(13)19-12-14/h6-8,14H,4-5,9-12H2,1-3H3/t14-/m1/s1. The Hall–Kier alpha value is -1.22. The highest BCUT2D eigenvalue weighted by atomic mass is 16.5. The van der Waals surface area contributed by atoms with E-state index in [0.717, 1.165) is 37.6 Å². The van der Waals surface area contributed by atoms with E-state index in [9.17, 15) is 0 Å². The second kappa shape index (κ2) is 6.80. The number of hydrogen-bond donors (Lipinski definition) is 0. The molecule has 1 atom stereocenters. The Kier molecular flexibility index (Phi) is 5.08. The molecule has 0 saturated carbocycles. The Bertz CT molecular complexity index is 400. The molecule has 0 bridgehead atoms. The first-order valence-electron chi connectivity index (χ1n) is 7.32. The van der Waals surface area contributed by atoms with Crippen molar-refractivity contribution < 1.29 is 9.47 Å². The molecule has 0 saturated heterocycles. The zero-order chi connectivity index (χ0) is 13.7. The van der Waals surface area contributed by atoms with Crippen molar-refractivity contribution in [2.45, 2.75) is 39.2 Å². The third-order valence-corrected chi connectivity index (χ3v) is 3.69. The van der Waals surface area contributed by atoms with E-state index in [-0.39, 0.29) is 0 Å². The van der Waals surface area contributed by atoms with Crippen LogP contribution in [0.15, 0.2) is 18.2 Å². The predicted molar refractivity (Wildman–Crippen MR) is 78.1 cm³/mol. The normalized spacial score (nSPS) is 18.0. The summed E-state index contributed by atoms with van der Waals surface area (Å²) in [6.07, 6.45) is 3.45. The molecule has 1 aromatic carbocycles. The zero-order valence-corrected chi connectivity index (χ0v) is 12.3. The van der Waals surface area contributed by atoms with Gasteiger partial charge in [0.2, 0.25) is 0 Å². The fourth-order valence-corrected chi connectivity index (χ4v) is 2.82. The Labute approximate surface area is 116 Å². The van der Waals surface area contributed by atoms with Gasteiger partial charge in [0.05, 0.1) is 7.11 Å². The summed E-state index contributed by atoms with van der Waals surface area (Å²) in [5.41, 5.74) is 1.27. The fraction of sp³-hybridized carbons (Fsp3) is 0.625. The predicted octanol–water partition coefficient (Wildman–Crippen LogP) is 3.12. The first-order valence-corrected chi connectivity index (χ1v) is 7.32. The van der Waals surface area contributed by atoms with E-state index < -0.39 is 0 Å². The van der Waals surface area contributed by atoms with Crippen LogP contribution < -0.4 is 9.47 Å². The van der Waals surface area contributed by atoms with E-state index in [4.69, 9.17) is 9.47 Å². The van der Waals surface area contributed by atoms with E-state index in [1.165, 1.54) is 18.4 Å². The highest BCUT2D eigenvalue weighted by molar-refractivity contribution is 5.48. The maximum Gasteiger partial charge on any atom is 0.164 e. The molecule has 19 heavy (non-hydrogen) atoms. The van der Waals surface area contributed by atoms with Crippen molar-refractivity contribution in [3.05, 3.63) is 23.8 Å². The van der Waals surface area contributed by atoms with E-state index in [2.05, 4.69) is 24.8 Å². The summed E-state index contributed by atoms with van der Waals surface area (Å²) < 4.78 is 11.3. The number of fused-ring (bicyclic) bond motifs is 1. The van der Waals surface area contributed by atoms with Crippen LogP contribution in [-0.2, 0) is 6.42 Å². The molecule has 1 heterocycles. The first-order chi connectivity index (χ1) is 9.30. The largest absolute Gasteiger partial charge is 0.493 e. The number of benzene rings is 1. The van der Waals surface area contributed by atoms with Crippen LogP contribution in [0.5, 0.6) is 11.5 Å². The van der Waals surface area contributed by atoms with Gasteiger partial charge in [-0.05, 0) is 44.0 Å². The molecule has 106 valence electrons. The van der Waals surface area contributed by atoms with Crippen molar-refractivity contribution in [2.24, 2.45) is 0 Å². The van der Waals surface area contributed by atoms with Crippen LogP contribution in [0.1, 0.15) is 32.3 Å². The third-order valence-electron chi connectivity index (χ3n) is 3.69. The lowest BCUT2D eigenvalue weighted by molar-refractivity contribution is 0.116. The van der Waals surface area contributed by atoms with Crippen LogP contribution in [0.2, 0.25) is 0 Å². The summed E-state index contributed by atoms with van der Waals surface area (Å²) in [7, 11) is 1.70. The molecule has 3 nitrogen and oxygen atoms in total. The number of ether oxygens (including phenoxy) is 2. The van der Waals surface area contributed by atoms with Crippen LogP contribution in [0, 0.1) is 0 Å². The summed E-state index contributed by atoms with van der Waals surface area (Å²) >= 11 is 0. The fourth-order valence-electron chi connectivity index (χ4n) is 2.82. The van der Waals surface area contributed by atoms with Crippen molar-refractivity contribution >= 4 is 0 Å². The summed E-state index contributed by atoms with van der Waals surface area (Å²) in [6, 6.07) is 6.67. The molecule has 1 aliphatic rings. The van der Waals surface area contributed by atoms with Crippen LogP contribution in [0.4, 0.5) is 0 Å². The van der Waals surface area contributed by atoms with Gasteiger partial charge in [-0.1, -0.05) is 26.0 Å². The van der Waals surface area contributed by atoms with Gasteiger partial charge in [0.1, 0.15) is 6.61 Å². The second-order valence-corrected chi connectivity index (χ2v) is 5.15. The SMILES string of the molecule is CCCN(CCC)[C@H]1COc2c(cccc2OC)C1. The van der Waals surface area contributed by atoms with E-state index in [1.807, 2.05) is 12.1 Å². The van der Waals surface area contributed by atoms with Crippen LogP contribution in [0.25, 0.3) is 0 Å². The molecule has 0 aliphatic carbocycles. The van der Waals surface area contributed by atoms with Gasteiger partial charge in [-0.3, -0.25) is 4.90 Å². The third kappa shape index (κ3) is 3.21. The molecule has 0 radical (unpaired) electrons. The summed E-state index contributed by atoms with van der Waals surface area (Å²) in [6.45, 7) is 7.56. The lowest BCUT2D eigenvalue weighted by Crippen LogP contribution is -2.44. The summed E-state index contributed by atoms with van der Waals surface area (Å²) in [5.74, 6) is 1.79. The monoisotopic (exact) mass is 263 g/mol. The molecule has 3 heteroatoms. The van der Waals surface area contributed by atoms with Gasteiger partial charge in [0.25, 0.3) is 0 Å². The Morgan fingerprint density at radius 1 is 1.26 bits per heavy atom. The van der Waals surface area contributed by atoms with Gasteiger partial charge in [-0.25, -0.2) is 0 Å². The minimum absolute atomic E-state index is 0.500. The highest BCUT2D eigenvalue weighted by Crippen LogP contribution is 2.35. The minimum atomic E-state index is 0.500. The van der Waals surface area contributed by atoms with Crippen molar-refractivity contribution in [2.75, 3.05) is 26.8 Å². The van der Waals surface area contributed by atoms with Crippen molar-refractivity contribution in [1.29, 1.82) is 0 Å². The van der Waals surface area contributed by atoms with Gasteiger partial charge in [0, 0.05) is 6.04 Å². The molecule has 1 aliphatic heterocycles. The molecular formula is C16H25NO2. The van der Waals surface area contributed by atoms with Gasteiger partial charge < -0.3 is 9.47 Å². The van der Waals surface area contributed by atoms with Crippen LogP contribution >= 0.6 is 0 Å². The van der Waals surface area contributed by atoms with Crippen molar-refractivity contribution in [1.82, 2.24) is 4.90 Å². The lowest BCUT2D eigenvalue weighted by atomic mass is 10.0. The van der Waals surface area contributed by atoms with E-state index in [1.54, 1.807) is 7.11 Å². The van der Waals surface area contributed by atoms with Crippen LogP contribution in [-0.4, -0.2) is 37.7 Å². The molecule has 0 N–H and O–H groups in total. The smallest absolute Gasteiger partial charge is 0.164 e. The van der Waals surface area contributed by atoms with Gasteiger partial charge in [-0.2, -0.15) is 0 Å². The Morgan fingerprint density at radius 2 is 2.00 bits per heavy atom. The number of para-hydroxylation sites is 1. The Balaban J connectivity index is 2.12. The topological polar surface area (TPSA) is 21.7 Å². The summed E-state index contributed by atoms with van der Waals surface area (Å²) in [4.78, 5) is 2.56. The quantitative estimate of drug-likeness (QED) is 0.787. The van der Waals surface area contributed by atoms with Crippen molar-refractivity contribution in [3.63, 3.8) is 0 Å². The molecule has 0 amide bonds. The lowest BCUT2D eigenvalue weighted by Gasteiger charge is -2.35. The summed E-state index contributed by atoms with van der Waals surface area (Å²) in [5, 5.41) is 0. The number of rotatable bonds is 6. The zero-order valence-electron chi connectivity index (χ0n) is 12.3. The average Bonchev–Trinajstić information content (AvgIpc) is 2.45. The first kappa shape index (κ1) is 14.2. The molecule has 0 aromatic heterocycles. The van der Waals surface area contributed by atoms with Crippen LogP contribution in [0.3, 0.4) is 0 Å². The molecule has 1 aromatic rings. The maximum absolute atomic E-state index is 5.97. The second-order valence-electron chi connectivity index (χ2n) is 5.15. The van der Waals surface area contributed by atoms with E-state index >= 15 is 0 Å². The molecule has 0 spiro atoms. The van der Waals surface area contributed by atoms with Gasteiger partial charge in [-0.15, -0.1) is 0 Å². The van der Waals surface area contributed by atoms with Crippen molar-refractivity contribution in [3.8, 4) is 11.5 Å². The molecule has 0 fully saturated rings. The van der Waals surface area contributed by atoms with Gasteiger partial charge in [0.15, 0.2) is 11.5 Å². The number of methoxy groups -OCH3 is 1. The number of hydrogen-bond acceptors (Lipinski definition) is 3. The number of nitrogens with zero attached hydrogens (tertiary/aromatic N) is 1. The molecular weight excluding hydrogens is 238 g/mol. The molecule has 2 rings (SSSR count). The molecule has 0 unspecified atom stereocenters. The Morgan fingerprint density at radius 3 is 2.63 bits per heavy atom. The maximum atomic E-state index is 5.97. The highest BCUT2D eigenvalue weighted by Gasteiger charge is 2.26. The average molecular weight is 263 g/mol. The minimum Gasteiger partial charge on any atom is -0.493 e. The van der Waals surface area contributed by atoms with E-state index in [0.29, 0.717) is 6.04 Å². The van der Waals surface area contributed by atoms with Gasteiger partial charge >= 0.3 is 0 Å².